The second-order valence-electron chi connectivity index (χ2n) is 6.36. The van der Waals surface area contributed by atoms with Crippen LogP contribution in [0.3, 0.4) is 0 Å². The molecule has 0 saturated carbocycles. The molecule has 0 aliphatic carbocycles. The number of benzene rings is 2. The van der Waals surface area contributed by atoms with Gasteiger partial charge in [0.1, 0.15) is 5.69 Å². The van der Waals surface area contributed by atoms with E-state index in [9.17, 15) is 19.7 Å². The number of nitrogens with one attached hydrogen (secondary N) is 2. The van der Waals surface area contributed by atoms with Crippen LogP contribution in [0.2, 0.25) is 0 Å². The molecule has 0 fully saturated rings. The third-order valence-electron chi connectivity index (χ3n) is 4.25. The number of carbonyl (C=O) groups is 2. The van der Waals surface area contributed by atoms with Crippen LogP contribution < -0.4 is 10.6 Å². The molecule has 1 unspecified atom stereocenters. The Kier molecular flexibility index (Phi) is 7.24. The van der Waals surface area contributed by atoms with Gasteiger partial charge in [-0.15, -0.1) is 0 Å². The van der Waals surface area contributed by atoms with E-state index in [0.717, 1.165) is 10.0 Å². The van der Waals surface area contributed by atoms with Crippen LogP contribution in [0.4, 0.5) is 17.1 Å². The molecule has 1 atom stereocenters. The van der Waals surface area contributed by atoms with Gasteiger partial charge in [0.05, 0.1) is 17.5 Å². The Morgan fingerprint density at radius 1 is 1.18 bits per heavy atom. The molecule has 28 heavy (non-hydrogen) atoms. The lowest BCUT2D eigenvalue weighted by Gasteiger charge is -2.23. The van der Waals surface area contributed by atoms with Gasteiger partial charge in [-0.25, -0.2) is 0 Å². The summed E-state index contributed by atoms with van der Waals surface area (Å²) in [5.41, 5.74) is 1.54. The van der Waals surface area contributed by atoms with Gasteiger partial charge in [-0.3, -0.25) is 24.6 Å². The minimum Gasteiger partial charge on any atom is -0.325 e. The van der Waals surface area contributed by atoms with E-state index in [1.54, 1.807) is 31.0 Å². The largest absolute Gasteiger partial charge is 0.325 e. The van der Waals surface area contributed by atoms with Crippen LogP contribution in [0.25, 0.3) is 0 Å². The van der Waals surface area contributed by atoms with Crippen molar-refractivity contribution in [2.24, 2.45) is 0 Å². The molecule has 0 bridgehead atoms. The Labute approximate surface area is 171 Å². The first-order valence-corrected chi connectivity index (χ1v) is 9.29. The fraction of sp³-hybridized carbons (Fsp3) is 0.263. The van der Waals surface area contributed by atoms with Crippen LogP contribution in [0.15, 0.2) is 46.9 Å². The maximum Gasteiger partial charge on any atom is 0.292 e. The standard InChI is InChI=1S/C19H21BrN4O4/c1-12-10-14(20)8-9-15(12)21-18(25)11-23(3)13(2)19(26)22-16-6-4-5-7-17(16)24(27)28/h4-10,13H,11H2,1-3H3,(H,21,25)(H,22,26). The van der Waals surface area contributed by atoms with Crippen LogP contribution >= 0.6 is 15.9 Å². The zero-order valence-corrected chi connectivity index (χ0v) is 17.3. The maximum absolute atomic E-state index is 12.4. The molecule has 2 aromatic carbocycles. The van der Waals surface area contributed by atoms with Crippen molar-refractivity contribution in [3.05, 3.63) is 62.6 Å². The molecule has 0 saturated heterocycles. The molecule has 0 spiro atoms. The predicted octanol–water partition coefficient (Wildman–Crippen LogP) is 3.56. The lowest BCUT2D eigenvalue weighted by molar-refractivity contribution is -0.383. The SMILES string of the molecule is Cc1cc(Br)ccc1NC(=O)CN(C)C(C)C(=O)Nc1ccccc1[N+](=O)[O-]. The molecule has 2 N–H and O–H groups in total. The number of nitro groups is 1. The number of amides is 2. The zero-order chi connectivity index (χ0) is 20.8. The second-order valence-corrected chi connectivity index (χ2v) is 7.28. The highest BCUT2D eigenvalue weighted by atomic mass is 79.9. The number of carbonyl (C=O) groups excluding carboxylic acids is 2. The molecular weight excluding hydrogens is 428 g/mol. The minimum absolute atomic E-state index is 0.0129. The molecule has 2 amide bonds. The molecule has 0 aliphatic rings. The van der Waals surface area contributed by atoms with Crippen molar-refractivity contribution in [1.29, 1.82) is 0 Å². The highest BCUT2D eigenvalue weighted by Crippen LogP contribution is 2.23. The van der Waals surface area contributed by atoms with Gasteiger partial charge in [0.2, 0.25) is 11.8 Å². The number of nitro benzene ring substituents is 1. The fourth-order valence-electron chi connectivity index (χ4n) is 2.50. The Morgan fingerprint density at radius 2 is 1.86 bits per heavy atom. The first-order chi connectivity index (χ1) is 13.2. The molecule has 0 radical (unpaired) electrons. The average molecular weight is 449 g/mol. The number of para-hydroxylation sites is 2. The number of likely N-dealkylation sites (N-methyl/N-ethyl adjacent to an activating group) is 1. The Bertz CT molecular complexity index is 903. The summed E-state index contributed by atoms with van der Waals surface area (Å²) >= 11 is 3.37. The first kappa shape index (κ1) is 21.5. The molecule has 2 rings (SSSR count). The van der Waals surface area contributed by atoms with Gasteiger partial charge in [-0.05, 0) is 50.7 Å². The van der Waals surface area contributed by atoms with E-state index < -0.39 is 16.9 Å². The summed E-state index contributed by atoms with van der Waals surface area (Å²) in [6.45, 7) is 3.50. The topological polar surface area (TPSA) is 105 Å². The molecule has 0 aromatic heterocycles. The van der Waals surface area contributed by atoms with Crippen LogP contribution in [0.5, 0.6) is 0 Å². The van der Waals surface area contributed by atoms with E-state index >= 15 is 0 Å². The van der Waals surface area contributed by atoms with Crippen molar-refractivity contribution in [2.75, 3.05) is 24.2 Å². The van der Waals surface area contributed by atoms with Crippen LogP contribution in [-0.4, -0.2) is 41.3 Å². The fourth-order valence-corrected chi connectivity index (χ4v) is 2.97. The van der Waals surface area contributed by atoms with E-state index in [0.29, 0.717) is 5.69 Å². The summed E-state index contributed by atoms with van der Waals surface area (Å²) in [6.07, 6.45) is 0. The summed E-state index contributed by atoms with van der Waals surface area (Å²) in [4.78, 5) is 36.8. The maximum atomic E-state index is 12.4. The number of rotatable bonds is 7. The molecule has 0 aliphatic heterocycles. The number of nitrogens with zero attached hydrogens (tertiary/aromatic N) is 2. The molecule has 8 nitrogen and oxygen atoms in total. The Balaban J connectivity index is 1.98. The van der Waals surface area contributed by atoms with E-state index in [1.807, 2.05) is 19.1 Å². The minimum atomic E-state index is -0.670. The number of hydrogen-bond donors (Lipinski definition) is 2. The first-order valence-electron chi connectivity index (χ1n) is 8.49. The van der Waals surface area contributed by atoms with Gasteiger partial charge in [0.15, 0.2) is 0 Å². The average Bonchev–Trinajstić information content (AvgIpc) is 2.63. The predicted molar refractivity (Wildman–Crippen MR) is 111 cm³/mol. The van der Waals surface area contributed by atoms with Crippen molar-refractivity contribution in [2.45, 2.75) is 19.9 Å². The van der Waals surface area contributed by atoms with Crippen molar-refractivity contribution in [3.8, 4) is 0 Å². The number of halogens is 1. The zero-order valence-electron chi connectivity index (χ0n) is 15.7. The lowest BCUT2D eigenvalue weighted by Crippen LogP contribution is -2.43. The Morgan fingerprint density at radius 3 is 2.50 bits per heavy atom. The molecule has 9 heteroatoms. The van der Waals surface area contributed by atoms with Gasteiger partial charge in [-0.1, -0.05) is 28.1 Å². The number of anilines is 2. The molecule has 148 valence electrons. The van der Waals surface area contributed by atoms with Crippen molar-refractivity contribution in [1.82, 2.24) is 4.90 Å². The molecule has 0 heterocycles. The van der Waals surface area contributed by atoms with Crippen molar-refractivity contribution in [3.63, 3.8) is 0 Å². The second kappa shape index (κ2) is 9.43. The van der Waals surface area contributed by atoms with Gasteiger partial charge in [-0.2, -0.15) is 0 Å². The number of hydrogen-bond acceptors (Lipinski definition) is 5. The van der Waals surface area contributed by atoms with Crippen molar-refractivity contribution >= 4 is 44.8 Å². The van der Waals surface area contributed by atoms with E-state index in [4.69, 9.17) is 0 Å². The Hall–Kier alpha value is -2.78. The highest BCUT2D eigenvalue weighted by molar-refractivity contribution is 9.10. The summed E-state index contributed by atoms with van der Waals surface area (Å²) in [5.74, 6) is -0.706. The van der Waals surface area contributed by atoms with Gasteiger partial charge < -0.3 is 10.6 Å². The molecule has 2 aromatic rings. The third kappa shape index (κ3) is 5.61. The van der Waals surface area contributed by atoms with E-state index in [1.165, 1.54) is 18.2 Å². The quantitative estimate of drug-likeness (QED) is 0.497. The van der Waals surface area contributed by atoms with E-state index in [-0.39, 0.29) is 23.8 Å². The van der Waals surface area contributed by atoms with Crippen LogP contribution in [0.1, 0.15) is 12.5 Å². The summed E-state index contributed by atoms with van der Waals surface area (Å²) in [7, 11) is 1.64. The van der Waals surface area contributed by atoms with Gasteiger partial charge in [0, 0.05) is 16.2 Å². The van der Waals surface area contributed by atoms with Gasteiger partial charge in [0.25, 0.3) is 5.69 Å². The monoisotopic (exact) mass is 448 g/mol. The van der Waals surface area contributed by atoms with Gasteiger partial charge >= 0.3 is 0 Å². The summed E-state index contributed by atoms with van der Waals surface area (Å²) in [5, 5.41) is 16.4. The number of aryl methyl sites for hydroxylation is 1. The smallest absolute Gasteiger partial charge is 0.292 e. The van der Waals surface area contributed by atoms with Crippen LogP contribution in [-0.2, 0) is 9.59 Å². The highest BCUT2D eigenvalue weighted by Gasteiger charge is 2.23. The van der Waals surface area contributed by atoms with Crippen molar-refractivity contribution < 1.29 is 14.5 Å². The van der Waals surface area contributed by atoms with E-state index in [2.05, 4.69) is 26.6 Å². The third-order valence-corrected chi connectivity index (χ3v) is 4.75. The normalized spacial score (nSPS) is 11.8. The summed E-state index contributed by atoms with van der Waals surface area (Å²) in [6, 6.07) is 10.8. The van der Waals surface area contributed by atoms with Crippen LogP contribution in [0, 0.1) is 17.0 Å². The molecular formula is C19H21BrN4O4. The lowest BCUT2D eigenvalue weighted by atomic mass is 10.2. The summed E-state index contributed by atoms with van der Waals surface area (Å²) < 4.78 is 0.917.